The Hall–Kier alpha value is -2.23. The molecule has 0 spiro atoms. The molecule has 0 radical (unpaired) electrons. The predicted molar refractivity (Wildman–Crippen MR) is 111 cm³/mol. The number of carbonyl (C=O) groups excluding carboxylic acids is 2. The minimum Gasteiger partial charge on any atom is -0.465 e. The first-order valence-corrected chi connectivity index (χ1v) is 10.5. The van der Waals surface area contributed by atoms with E-state index >= 15 is 0 Å². The fraction of sp³-hybridized carbons (Fsp3) is 0.316. The van der Waals surface area contributed by atoms with Crippen molar-refractivity contribution in [2.24, 2.45) is 0 Å². The molecule has 0 bridgehead atoms. The van der Waals surface area contributed by atoms with Gasteiger partial charge in [0, 0.05) is 21.7 Å². The molecule has 3 aromatic rings. The van der Waals surface area contributed by atoms with Gasteiger partial charge in [-0.15, -0.1) is 11.3 Å². The number of halogens is 4. The SMILES string of the molecule is COC(=O)c1sc2cc(NC(=O)Cn3nc(C(F)F)c(Cl)c3C3CC3)ccc2c1Cl. The number of nitrogens with zero attached hydrogens (tertiary/aromatic N) is 2. The Morgan fingerprint density at radius 1 is 1.33 bits per heavy atom. The smallest absolute Gasteiger partial charge is 0.349 e. The number of hydrogen-bond acceptors (Lipinski definition) is 5. The number of methoxy groups -OCH3 is 1. The Morgan fingerprint density at radius 3 is 2.70 bits per heavy atom. The van der Waals surface area contributed by atoms with Crippen molar-refractivity contribution in [2.45, 2.75) is 31.7 Å². The lowest BCUT2D eigenvalue weighted by atomic mass is 10.2. The van der Waals surface area contributed by atoms with Crippen molar-refractivity contribution in [1.82, 2.24) is 9.78 Å². The lowest BCUT2D eigenvalue weighted by Crippen LogP contribution is -2.21. The highest BCUT2D eigenvalue weighted by molar-refractivity contribution is 7.21. The standard InChI is InChI=1S/C19H15Cl2F2N3O3S/c1-29-19(28)17-13(20)10-5-4-9(6-11(10)30-17)24-12(27)7-26-16(8-2-3-8)14(21)15(25-26)18(22)23/h4-6,8,18H,2-3,7H2,1H3,(H,24,27). The van der Waals surface area contributed by atoms with Gasteiger partial charge < -0.3 is 10.1 Å². The summed E-state index contributed by atoms with van der Waals surface area (Å²) in [6.07, 6.45) is -1.16. The molecule has 1 aromatic carbocycles. The molecule has 158 valence electrons. The van der Waals surface area contributed by atoms with Crippen LogP contribution < -0.4 is 5.32 Å². The zero-order chi connectivity index (χ0) is 21.6. The third kappa shape index (κ3) is 3.89. The summed E-state index contributed by atoms with van der Waals surface area (Å²) in [5.41, 5.74) is 0.448. The summed E-state index contributed by atoms with van der Waals surface area (Å²) in [4.78, 5) is 24.6. The number of fused-ring (bicyclic) bond motifs is 1. The quantitative estimate of drug-likeness (QED) is 0.469. The molecule has 2 heterocycles. The van der Waals surface area contributed by atoms with Gasteiger partial charge in [-0.25, -0.2) is 13.6 Å². The van der Waals surface area contributed by atoms with Crippen LogP contribution in [0.4, 0.5) is 14.5 Å². The number of alkyl halides is 2. The van der Waals surface area contributed by atoms with E-state index in [0.717, 1.165) is 24.2 Å². The third-order valence-electron chi connectivity index (χ3n) is 4.70. The summed E-state index contributed by atoms with van der Waals surface area (Å²) >= 11 is 13.5. The third-order valence-corrected chi connectivity index (χ3v) is 6.73. The molecule has 1 aliphatic carbocycles. The first-order chi connectivity index (χ1) is 14.3. The first-order valence-electron chi connectivity index (χ1n) is 8.94. The highest BCUT2D eigenvalue weighted by Crippen LogP contribution is 2.45. The van der Waals surface area contributed by atoms with E-state index in [-0.39, 0.29) is 22.4 Å². The Bertz CT molecular complexity index is 1160. The van der Waals surface area contributed by atoms with Gasteiger partial charge >= 0.3 is 5.97 Å². The van der Waals surface area contributed by atoms with Crippen LogP contribution in [0.15, 0.2) is 18.2 Å². The number of thiophene rings is 1. The maximum Gasteiger partial charge on any atom is 0.349 e. The van der Waals surface area contributed by atoms with Crippen LogP contribution in [-0.4, -0.2) is 28.8 Å². The lowest BCUT2D eigenvalue weighted by Gasteiger charge is -2.08. The Kier molecular flexibility index (Phi) is 5.69. The summed E-state index contributed by atoms with van der Waals surface area (Å²) in [5, 5.41) is 7.46. The topological polar surface area (TPSA) is 73.2 Å². The molecule has 1 aliphatic rings. The molecule has 1 N–H and O–H groups in total. The van der Waals surface area contributed by atoms with E-state index in [9.17, 15) is 18.4 Å². The zero-order valence-electron chi connectivity index (χ0n) is 15.5. The van der Waals surface area contributed by atoms with Crippen LogP contribution in [0.1, 0.15) is 46.2 Å². The van der Waals surface area contributed by atoms with Gasteiger partial charge in [-0.05, 0) is 31.0 Å². The van der Waals surface area contributed by atoms with Crippen molar-refractivity contribution in [1.29, 1.82) is 0 Å². The van der Waals surface area contributed by atoms with Crippen LogP contribution >= 0.6 is 34.5 Å². The van der Waals surface area contributed by atoms with E-state index in [1.165, 1.54) is 11.8 Å². The van der Waals surface area contributed by atoms with Crippen LogP contribution in [0.5, 0.6) is 0 Å². The van der Waals surface area contributed by atoms with E-state index in [0.29, 0.717) is 26.5 Å². The van der Waals surface area contributed by atoms with Gasteiger partial charge in [0.1, 0.15) is 17.1 Å². The van der Waals surface area contributed by atoms with Crippen molar-refractivity contribution >= 4 is 62.2 Å². The molecular weight excluding hydrogens is 459 g/mol. The second-order valence-electron chi connectivity index (χ2n) is 6.81. The number of hydrogen-bond donors (Lipinski definition) is 1. The van der Waals surface area contributed by atoms with E-state index in [1.54, 1.807) is 18.2 Å². The predicted octanol–water partition coefficient (Wildman–Crippen LogP) is 5.64. The number of amides is 1. The molecular formula is C19H15Cl2F2N3O3S. The Morgan fingerprint density at radius 2 is 2.07 bits per heavy atom. The molecule has 0 atom stereocenters. The average molecular weight is 474 g/mol. The highest BCUT2D eigenvalue weighted by atomic mass is 35.5. The number of ether oxygens (including phenoxy) is 1. The molecule has 0 saturated heterocycles. The van der Waals surface area contributed by atoms with Crippen molar-refractivity contribution < 1.29 is 23.1 Å². The average Bonchev–Trinajstić information content (AvgIpc) is 3.41. The van der Waals surface area contributed by atoms with Gasteiger partial charge in [0.05, 0.1) is 22.8 Å². The molecule has 1 saturated carbocycles. The molecule has 2 aromatic heterocycles. The van der Waals surface area contributed by atoms with Crippen molar-refractivity contribution in [3.8, 4) is 0 Å². The van der Waals surface area contributed by atoms with Crippen molar-refractivity contribution in [3.63, 3.8) is 0 Å². The fourth-order valence-corrected chi connectivity index (χ4v) is 5.02. The molecule has 0 unspecified atom stereocenters. The van der Waals surface area contributed by atoms with Crippen molar-refractivity contribution in [2.75, 3.05) is 12.4 Å². The first kappa shape index (κ1) is 21.0. The molecule has 0 aliphatic heterocycles. The van der Waals surface area contributed by atoms with Gasteiger partial charge in [0.15, 0.2) is 0 Å². The minimum atomic E-state index is -2.81. The highest BCUT2D eigenvalue weighted by Gasteiger charge is 2.34. The van der Waals surface area contributed by atoms with Gasteiger partial charge in [-0.3, -0.25) is 9.48 Å². The molecule has 1 amide bonds. The van der Waals surface area contributed by atoms with E-state index < -0.39 is 24.0 Å². The number of rotatable bonds is 6. The second-order valence-corrected chi connectivity index (χ2v) is 8.62. The largest absolute Gasteiger partial charge is 0.465 e. The van der Waals surface area contributed by atoms with Crippen LogP contribution in [0.3, 0.4) is 0 Å². The molecule has 1 fully saturated rings. The minimum absolute atomic E-state index is 0.0478. The van der Waals surface area contributed by atoms with E-state index in [1.807, 2.05) is 0 Å². The number of carbonyl (C=O) groups is 2. The van der Waals surface area contributed by atoms with E-state index in [2.05, 4.69) is 10.4 Å². The Balaban J connectivity index is 1.55. The monoisotopic (exact) mass is 473 g/mol. The molecule has 4 rings (SSSR count). The summed E-state index contributed by atoms with van der Waals surface area (Å²) in [6, 6.07) is 5.01. The number of anilines is 1. The maximum atomic E-state index is 13.2. The van der Waals surface area contributed by atoms with Crippen LogP contribution in [0, 0.1) is 0 Å². The Labute approximate surface area is 183 Å². The lowest BCUT2D eigenvalue weighted by molar-refractivity contribution is -0.117. The number of aromatic nitrogens is 2. The fourth-order valence-electron chi connectivity index (χ4n) is 3.18. The van der Waals surface area contributed by atoms with Gasteiger partial charge in [-0.1, -0.05) is 23.2 Å². The van der Waals surface area contributed by atoms with Crippen LogP contribution in [0.2, 0.25) is 10.0 Å². The number of benzene rings is 1. The van der Waals surface area contributed by atoms with Gasteiger partial charge in [-0.2, -0.15) is 5.10 Å². The maximum absolute atomic E-state index is 13.2. The molecule has 6 nitrogen and oxygen atoms in total. The van der Waals surface area contributed by atoms with Gasteiger partial charge in [0.25, 0.3) is 6.43 Å². The molecule has 30 heavy (non-hydrogen) atoms. The van der Waals surface area contributed by atoms with E-state index in [4.69, 9.17) is 27.9 Å². The summed E-state index contributed by atoms with van der Waals surface area (Å²) in [6.45, 7) is -0.241. The summed E-state index contributed by atoms with van der Waals surface area (Å²) < 4.78 is 33.0. The molecule has 11 heteroatoms. The normalized spacial score (nSPS) is 13.8. The number of nitrogens with one attached hydrogen (secondary N) is 1. The van der Waals surface area contributed by atoms with Crippen LogP contribution in [0.25, 0.3) is 10.1 Å². The summed E-state index contributed by atoms with van der Waals surface area (Å²) in [5.74, 6) is -0.927. The van der Waals surface area contributed by atoms with Gasteiger partial charge in [0.2, 0.25) is 5.91 Å². The second kappa shape index (κ2) is 8.13. The summed E-state index contributed by atoms with van der Waals surface area (Å²) in [7, 11) is 1.27. The van der Waals surface area contributed by atoms with Crippen molar-refractivity contribution in [3.05, 3.63) is 44.5 Å². The number of esters is 1. The zero-order valence-corrected chi connectivity index (χ0v) is 17.9. The van der Waals surface area contributed by atoms with Crippen LogP contribution in [-0.2, 0) is 16.1 Å².